The van der Waals surface area contributed by atoms with Gasteiger partial charge in [-0.25, -0.2) is 9.29 Å². The minimum absolute atomic E-state index is 0.179. The summed E-state index contributed by atoms with van der Waals surface area (Å²) < 4.78 is 13.4. The maximum absolute atomic E-state index is 13.4. The maximum atomic E-state index is 13.4. The lowest BCUT2D eigenvalue weighted by Gasteiger charge is -2.16. The number of fused-ring (bicyclic) bond motifs is 1. The number of oxime groups is 1. The molecule has 2 amide bonds. The lowest BCUT2D eigenvalue weighted by molar-refractivity contribution is -0.126. The van der Waals surface area contributed by atoms with E-state index in [0.29, 0.717) is 16.3 Å². The molecule has 8 heteroatoms. The molecule has 0 unspecified atom stereocenters. The average Bonchev–Trinajstić information content (AvgIpc) is 3.12. The zero-order chi connectivity index (χ0) is 17.7. The van der Waals surface area contributed by atoms with Crippen LogP contribution in [0.25, 0.3) is 0 Å². The third-order valence-corrected chi connectivity index (χ3v) is 4.74. The fourth-order valence-electron chi connectivity index (χ4n) is 2.95. The Morgan fingerprint density at radius 1 is 1.04 bits per heavy atom. The number of imide groups is 1. The predicted octanol–water partition coefficient (Wildman–Crippen LogP) is 3.43. The van der Waals surface area contributed by atoms with Gasteiger partial charge in [-0.2, -0.15) is 0 Å². The van der Waals surface area contributed by atoms with Crippen LogP contribution in [0.2, 0.25) is 10.0 Å². The Balaban J connectivity index is 1.74. The molecule has 2 aromatic rings. The van der Waals surface area contributed by atoms with Gasteiger partial charge in [-0.1, -0.05) is 46.6 Å². The van der Waals surface area contributed by atoms with Crippen LogP contribution in [-0.4, -0.2) is 23.6 Å². The minimum atomic E-state index is -1.07. The fourth-order valence-corrected chi connectivity index (χ4v) is 3.36. The van der Waals surface area contributed by atoms with E-state index in [4.69, 9.17) is 28.0 Å². The van der Waals surface area contributed by atoms with Gasteiger partial charge in [0.15, 0.2) is 0 Å². The van der Waals surface area contributed by atoms with Crippen molar-refractivity contribution in [2.45, 2.75) is 6.10 Å². The van der Waals surface area contributed by atoms with Crippen LogP contribution < -0.4 is 4.90 Å². The number of nitrogens with zero attached hydrogens (tertiary/aromatic N) is 2. The van der Waals surface area contributed by atoms with Crippen LogP contribution in [0, 0.1) is 11.7 Å². The molecule has 0 saturated carbocycles. The number of carbonyl (C=O) groups is 2. The molecule has 126 valence electrons. The molecule has 25 heavy (non-hydrogen) atoms. The summed E-state index contributed by atoms with van der Waals surface area (Å²) in [4.78, 5) is 31.6. The highest BCUT2D eigenvalue weighted by Crippen LogP contribution is 2.37. The molecule has 2 aromatic carbocycles. The van der Waals surface area contributed by atoms with Gasteiger partial charge in [-0.05, 0) is 24.3 Å². The summed E-state index contributed by atoms with van der Waals surface area (Å²) in [6, 6.07) is 10.5. The van der Waals surface area contributed by atoms with Crippen LogP contribution in [0.5, 0.6) is 0 Å². The molecule has 2 aliphatic rings. The Morgan fingerprint density at radius 3 is 2.52 bits per heavy atom. The van der Waals surface area contributed by atoms with E-state index in [9.17, 15) is 14.0 Å². The highest BCUT2D eigenvalue weighted by Gasteiger charge is 2.56. The smallest absolute Gasteiger partial charge is 0.278 e. The Morgan fingerprint density at radius 2 is 1.80 bits per heavy atom. The minimum Gasteiger partial charge on any atom is -0.381 e. The van der Waals surface area contributed by atoms with Gasteiger partial charge < -0.3 is 4.84 Å². The van der Waals surface area contributed by atoms with Crippen LogP contribution in [0.4, 0.5) is 10.1 Å². The van der Waals surface area contributed by atoms with E-state index in [1.54, 1.807) is 24.3 Å². The lowest BCUT2D eigenvalue weighted by atomic mass is 9.94. The van der Waals surface area contributed by atoms with Crippen molar-refractivity contribution in [1.29, 1.82) is 0 Å². The van der Waals surface area contributed by atoms with Gasteiger partial charge in [-0.3, -0.25) is 9.59 Å². The van der Waals surface area contributed by atoms with Gasteiger partial charge in [0.2, 0.25) is 12.0 Å². The molecular formula is C17H9Cl2FN2O3. The number of carbonyl (C=O) groups excluding carboxylic acids is 2. The van der Waals surface area contributed by atoms with E-state index in [2.05, 4.69) is 5.16 Å². The third kappa shape index (κ3) is 2.41. The summed E-state index contributed by atoms with van der Waals surface area (Å²) >= 11 is 11.9. The number of hydrogen-bond acceptors (Lipinski definition) is 4. The lowest BCUT2D eigenvalue weighted by Crippen LogP contribution is -2.33. The van der Waals surface area contributed by atoms with Crippen molar-refractivity contribution in [3.63, 3.8) is 0 Å². The summed E-state index contributed by atoms with van der Waals surface area (Å²) in [6.45, 7) is 0. The first-order chi connectivity index (χ1) is 12.0. The highest BCUT2D eigenvalue weighted by atomic mass is 35.5. The molecule has 0 spiro atoms. The average molecular weight is 379 g/mol. The normalized spacial score (nSPS) is 22.0. The van der Waals surface area contributed by atoms with Gasteiger partial charge in [0, 0.05) is 10.6 Å². The second-order valence-electron chi connectivity index (χ2n) is 5.57. The summed E-state index contributed by atoms with van der Waals surface area (Å²) in [7, 11) is 0. The molecule has 2 aliphatic heterocycles. The standard InChI is InChI=1S/C17H9Cl2FN2O3/c18-10-4-2-1-3-9(10)14-13-15(25-21-14)17(24)22(16(13)23)8-5-6-12(20)11(19)7-8/h1-7,13,15H/t13-,15+/m0/s1. The number of anilines is 1. The van der Waals surface area contributed by atoms with Crippen LogP contribution >= 0.6 is 23.2 Å². The van der Waals surface area contributed by atoms with Crippen LogP contribution in [0.1, 0.15) is 5.56 Å². The Kier molecular flexibility index (Phi) is 3.74. The number of benzene rings is 2. The van der Waals surface area contributed by atoms with Crippen LogP contribution in [-0.2, 0) is 14.4 Å². The number of hydrogen-bond donors (Lipinski definition) is 0. The van der Waals surface area contributed by atoms with E-state index in [0.717, 1.165) is 11.0 Å². The molecule has 2 heterocycles. The first-order valence-electron chi connectivity index (χ1n) is 7.30. The van der Waals surface area contributed by atoms with Crippen LogP contribution in [0.15, 0.2) is 47.6 Å². The van der Waals surface area contributed by atoms with E-state index >= 15 is 0 Å². The van der Waals surface area contributed by atoms with Crippen molar-refractivity contribution in [3.8, 4) is 0 Å². The molecule has 1 fully saturated rings. The molecule has 1 saturated heterocycles. The van der Waals surface area contributed by atoms with Gasteiger partial charge in [0.05, 0.1) is 10.7 Å². The largest absolute Gasteiger partial charge is 0.381 e. The number of rotatable bonds is 2. The van der Waals surface area contributed by atoms with E-state index in [1.165, 1.54) is 12.1 Å². The van der Waals surface area contributed by atoms with Crippen molar-refractivity contribution >= 4 is 46.4 Å². The SMILES string of the molecule is O=C1[C@H]2C(c3ccccc3Cl)=NO[C@H]2C(=O)N1c1ccc(F)c(Cl)c1. The summed E-state index contributed by atoms with van der Waals surface area (Å²) in [5.74, 6) is -2.65. The quantitative estimate of drug-likeness (QED) is 0.752. The Labute approximate surface area is 151 Å². The predicted molar refractivity (Wildman–Crippen MR) is 90.3 cm³/mol. The van der Waals surface area contributed by atoms with Crippen molar-refractivity contribution < 1.29 is 18.8 Å². The zero-order valence-corrected chi connectivity index (χ0v) is 14.0. The van der Waals surface area contributed by atoms with Gasteiger partial charge in [0.1, 0.15) is 17.4 Å². The summed E-state index contributed by atoms with van der Waals surface area (Å²) in [5, 5.41) is 4.10. The monoisotopic (exact) mass is 378 g/mol. The first kappa shape index (κ1) is 16.1. The first-order valence-corrected chi connectivity index (χ1v) is 8.06. The third-order valence-electron chi connectivity index (χ3n) is 4.12. The molecule has 5 nitrogen and oxygen atoms in total. The summed E-state index contributed by atoms with van der Waals surface area (Å²) in [6.07, 6.45) is -1.07. The molecule has 4 rings (SSSR count). The highest BCUT2D eigenvalue weighted by molar-refractivity contribution is 6.38. The Hall–Kier alpha value is -2.44. The van der Waals surface area contributed by atoms with Crippen molar-refractivity contribution in [1.82, 2.24) is 0 Å². The van der Waals surface area contributed by atoms with Crippen molar-refractivity contribution in [3.05, 3.63) is 63.9 Å². The van der Waals surface area contributed by atoms with Gasteiger partial charge in [0.25, 0.3) is 5.91 Å². The van der Waals surface area contributed by atoms with Gasteiger partial charge >= 0.3 is 0 Å². The Bertz CT molecular complexity index is 947. The second kappa shape index (κ2) is 5.82. The molecular weight excluding hydrogens is 370 g/mol. The van der Waals surface area contributed by atoms with Crippen LogP contribution in [0.3, 0.4) is 0 Å². The van der Waals surface area contributed by atoms with E-state index in [-0.39, 0.29) is 10.7 Å². The second-order valence-corrected chi connectivity index (χ2v) is 6.38. The number of amides is 2. The molecule has 0 aromatic heterocycles. The zero-order valence-electron chi connectivity index (χ0n) is 12.4. The fraction of sp³-hybridized carbons (Fsp3) is 0.118. The number of halogens is 3. The van der Waals surface area contributed by atoms with Crippen molar-refractivity contribution in [2.75, 3.05) is 4.90 Å². The molecule has 0 N–H and O–H groups in total. The topological polar surface area (TPSA) is 59.0 Å². The molecule has 0 aliphatic carbocycles. The maximum Gasteiger partial charge on any atom is 0.278 e. The van der Waals surface area contributed by atoms with Crippen molar-refractivity contribution in [2.24, 2.45) is 11.1 Å². The molecule has 2 atom stereocenters. The summed E-state index contributed by atoms with van der Waals surface area (Å²) in [5.41, 5.74) is 0.999. The van der Waals surface area contributed by atoms with E-state index < -0.39 is 29.7 Å². The molecule has 0 bridgehead atoms. The van der Waals surface area contributed by atoms with Gasteiger partial charge in [-0.15, -0.1) is 0 Å². The van der Waals surface area contributed by atoms with E-state index in [1.807, 2.05) is 0 Å². The molecule has 0 radical (unpaired) electrons.